The van der Waals surface area contributed by atoms with Gasteiger partial charge in [-0.1, -0.05) is 23.8 Å². The number of nitrogens with one attached hydrogen (secondary N) is 2. The van der Waals surface area contributed by atoms with Crippen LogP contribution in [0.25, 0.3) is 0 Å². The Labute approximate surface area is 162 Å². The van der Waals surface area contributed by atoms with E-state index in [0.29, 0.717) is 12.1 Å². The molecule has 0 fully saturated rings. The van der Waals surface area contributed by atoms with Gasteiger partial charge in [0.15, 0.2) is 0 Å². The Morgan fingerprint density at radius 3 is 2.03 bits per heavy atom. The number of halogens is 5. The van der Waals surface area contributed by atoms with Crippen LogP contribution >= 0.6 is 0 Å². The van der Waals surface area contributed by atoms with Crippen molar-refractivity contribution in [2.45, 2.75) is 25.7 Å². The third kappa shape index (κ3) is 4.64. The molecule has 0 spiro atoms. The number of anilines is 1. The molecule has 0 unspecified atom stereocenters. The molecule has 0 heterocycles. The Hall–Kier alpha value is -3.17. The average Bonchev–Trinajstić information content (AvgIpc) is 2.62. The second kappa shape index (κ2) is 8.46. The maximum atomic E-state index is 14.0. The second-order valence-corrected chi connectivity index (χ2v) is 6.01. The highest BCUT2D eigenvalue weighted by Crippen LogP contribution is 2.34. The van der Waals surface area contributed by atoms with Crippen LogP contribution in [0.4, 0.5) is 27.6 Å². The van der Waals surface area contributed by atoms with E-state index in [1.807, 2.05) is 5.32 Å². The van der Waals surface area contributed by atoms with Crippen LogP contribution < -0.4 is 10.6 Å². The molecule has 2 aromatic rings. The summed E-state index contributed by atoms with van der Waals surface area (Å²) in [6, 6.07) is 7.75. The molecule has 1 atom stereocenters. The molecule has 2 rings (SSSR count). The average molecular weight is 416 g/mol. The Bertz CT molecular complexity index is 879. The number of hydrogen-bond acceptors (Lipinski definition) is 4. The van der Waals surface area contributed by atoms with Gasteiger partial charge in [-0.15, -0.1) is 0 Å². The number of amides is 1. The Morgan fingerprint density at radius 1 is 1.00 bits per heavy atom. The molecular formula is C19H17F5N2O3. The van der Waals surface area contributed by atoms with Gasteiger partial charge in [0.2, 0.25) is 0 Å². The van der Waals surface area contributed by atoms with E-state index in [0.717, 1.165) is 11.6 Å². The van der Waals surface area contributed by atoms with E-state index in [-0.39, 0.29) is 5.69 Å². The van der Waals surface area contributed by atoms with E-state index in [9.17, 15) is 31.5 Å². The number of carbonyl (C=O) groups excluding carboxylic acids is 2. The summed E-state index contributed by atoms with van der Waals surface area (Å²) < 4.78 is 74.3. The molecule has 10 heteroatoms. The van der Waals surface area contributed by atoms with Crippen molar-refractivity contribution in [1.29, 1.82) is 0 Å². The first-order valence-corrected chi connectivity index (χ1v) is 8.37. The van der Waals surface area contributed by atoms with Crippen molar-refractivity contribution in [3.8, 4) is 0 Å². The molecule has 0 aliphatic heterocycles. The minimum absolute atomic E-state index is 0.185. The lowest BCUT2D eigenvalue weighted by atomic mass is 10.1. The van der Waals surface area contributed by atoms with Crippen LogP contribution in [0, 0.1) is 18.6 Å². The lowest BCUT2D eigenvalue weighted by Gasteiger charge is -2.35. The van der Waals surface area contributed by atoms with Crippen LogP contribution in [0.2, 0.25) is 0 Å². The lowest BCUT2D eigenvalue weighted by molar-refractivity contribution is -0.204. The molecule has 0 saturated carbocycles. The fraction of sp³-hybridized carbons (Fsp3) is 0.263. The van der Waals surface area contributed by atoms with E-state index in [1.165, 1.54) is 36.5 Å². The highest BCUT2D eigenvalue weighted by molar-refractivity contribution is 5.99. The predicted octanol–water partition coefficient (Wildman–Crippen LogP) is 3.94. The summed E-state index contributed by atoms with van der Waals surface area (Å²) in [5.41, 5.74) is -4.52. The van der Waals surface area contributed by atoms with Gasteiger partial charge in [-0.25, -0.2) is 13.6 Å². The van der Waals surface area contributed by atoms with Gasteiger partial charge in [0, 0.05) is 5.69 Å². The van der Waals surface area contributed by atoms with Crippen molar-refractivity contribution in [3.05, 3.63) is 65.2 Å². The van der Waals surface area contributed by atoms with Gasteiger partial charge in [0.25, 0.3) is 5.91 Å². The van der Waals surface area contributed by atoms with Crippen LogP contribution in [-0.4, -0.2) is 30.3 Å². The van der Waals surface area contributed by atoms with Crippen LogP contribution in [0.15, 0.2) is 42.5 Å². The Kier molecular flexibility index (Phi) is 6.45. The van der Waals surface area contributed by atoms with Crippen molar-refractivity contribution in [1.82, 2.24) is 5.32 Å². The quantitative estimate of drug-likeness (QED) is 0.425. The van der Waals surface area contributed by atoms with Crippen molar-refractivity contribution in [3.63, 3.8) is 0 Å². The molecular weight excluding hydrogens is 399 g/mol. The topological polar surface area (TPSA) is 67.4 Å². The molecule has 0 aliphatic rings. The molecule has 0 aromatic heterocycles. The summed E-state index contributed by atoms with van der Waals surface area (Å²) >= 11 is 0. The van der Waals surface area contributed by atoms with Gasteiger partial charge in [0.05, 0.1) is 6.61 Å². The van der Waals surface area contributed by atoms with E-state index >= 15 is 0 Å². The first-order chi connectivity index (χ1) is 13.5. The predicted molar refractivity (Wildman–Crippen MR) is 94.0 cm³/mol. The maximum absolute atomic E-state index is 14.0. The molecule has 0 saturated heterocycles. The molecule has 1 amide bonds. The number of esters is 1. The minimum Gasteiger partial charge on any atom is -0.463 e. The molecule has 156 valence electrons. The molecule has 5 nitrogen and oxygen atoms in total. The van der Waals surface area contributed by atoms with Crippen molar-refractivity contribution >= 4 is 17.6 Å². The fourth-order valence-electron chi connectivity index (χ4n) is 2.43. The number of ether oxygens (including phenoxy) is 1. The second-order valence-electron chi connectivity index (χ2n) is 6.01. The zero-order valence-electron chi connectivity index (χ0n) is 15.4. The Morgan fingerprint density at radius 2 is 1.55 bits per heavy atom. The van der Waals surface area contributed by atoms with E-state index in [1.54, 1.807) is 6.92 Å². The van der Waals surface area contributed by atoms with Crippen LogP contribution in [0.1, 0.15) is 22.8 Å². The normalized spacial score (nSPS) is 13.3. The van der Waals surface area contributed by atoms with Crippen LogP contribution in [0.5, 0.6) is 0 Å². The molecule has 2 N–H and O–H groups in total. The van der Waals surface area contributed by atoms with Gasteiger partial charge >= 0.3 is 17.8 Å². The number of rotatable bonds is 6. The van der Waals surface area contributed by atoms with Gasteiger partial charge in [-0.3, -0.25) is 4.79 Å². The largest absolute Gasteiger partial charge is 0.463 e. The van der Waals surface area contributed by atoms with Crippen molar-refractivity contribution in [2.24, 2.45) is 0 Å². The van der Waals surface area contributed by atoms with Gasteiger partial charge in [0.1, 0.15) is 17.2 Å². The minimum atomic E-state index is -5.43. The molecule has 0 aliphatic carbocycles. The number of aryl methyl sites for hydroxylation is 1. The molecule has 29 heavy (non-hydrogen) atoms. The van der Waals surface area contributed by atoms with Gasteiger partial charge in [-0.2, -0.15) is 13.2 Å². The summed E-state index contributed by atoms with van der Waals surface area (Å²) in [6.07, 6.45) is -5.43. The standard InChI is InChI=1S/C19H17F5N2O3/c1-3-29-17(28)18(19(22,23)24,25-12-9-7-11(2)8-10-12)26-16(27)15-13(20)5-4-6-14(15)21/h4-10,25H,3H2,1-2H3,(H,26,27)/t18-/m0/s1. The summed E-state index contributed by atoms with van der Waals surface area (Å²) in [6.45, 7) is 2.52. The third-order valence-corrected chi connectivity index (χ3v) is 3.88. The zero-order chi connectivity index (χ0) is 21.8. The zero-order valence-corrected chi connectivity index (χ0v) is 15.4. The SMILES string of the molecule is CCOC(=O)[C@@](NC(=O)c1c(F)cccc1F)(Nc1ccc(C)cc1)C(F)(F)F. The third-order valence-electron chi connectivity index (χ3n) is 3.88. The number of hydrogen-bond donors (Lipinski definition) is 2. The number of carbonyl (C=O) groups is 2. The van der Waals surface area contributed by atoms with Gasteiger partial charge < -0.3 is 15.4 Å². The van der Waals surface area contributed by atoms with Crippen molar-refractivity contribution in [2.75, 3.05) is 11.9 Å². The summed E-state index contributed by atoms with van der Waals surface area (Å²) in [5, 5.41) is 3.29. The van der Waals surface area contributed by atoms with E-state index in [2.05, 4.69) is 4.74 Å². The maximum Gasteiger partial charge on any atom is 0.441 e. The van der Waals surface area contributed by atoms with Crippen LogP contribution in [0.3, 0.4) is 0 Å². The number of benzene rings is 2. The van der Waals surface area contributed by atoms with Crippen molar-refractivity contribution < 1.29 is 36.3 Å². The first kappa shape index (κ1) is 22.1. The van der Waals surface area contributed by atoms with Gasteiger partial charge in [-0.05, 0) is 38.1 Å². The molecule has 2 aromatic carbocycles. The lowest BCUT2D eigenvalue weighted by Crippen LogP contribution is -2.69. The fourth-order valence-corrected chi connectivity index (χ4v) is 2.43. The van der Waals surface area contributed by atoms with Crippen LogP contribution in [-0.2, 0) is 9.53 Å². The van der Waals surface area contributed by atoms with E-state index < -0.39 is 47.5 Å². The highest BCUT2D eigenvalue weighted by Gasteiger charge is 2.63. The molecule has 0 bridgehead atoms. The monoisotopic (exact) mass is 416 g/mol. The Balaban J connectivity index is 2.56. The number of alkyl halides is 3. The smallest absolute Gasteiger partial charge is 0.441 e. The summed E-state index contributed by atoms with van der Waals surface area (Å²) in [7, 11) is 0. The summed E-state index contributed by atoms with van der Waals surface area (Å²) in [5.74, 6) is -6.46. The van der Waals surface area contributed by atoms with E-state index in [4.69, 9.17) is 0 Å². The molecule has 0 radical (unpaired) electrons. The highest BCUT2D eigenvalue weighted by atomic mass is 19.4. The first-order valence-electron chi connectivity index (χ1n) is 8.37. The summed E-state index contributed by atoms with van der Waals surface area (Å²) in [4.78, 5) is 24.7.